The summed E-state index contributed by atoms with van der Waals surface area (Å²) < 4.78 is 5.51. The average molecular weight is 420 g/mol. The van der Waals surface area contributed by atoms with Gasteiger partial charge in [-0.25, -0.2) is 9.59 Å². The predicted molar refractivity (Wildman–Crippen MR) is 123 cm³/mol. The molecule has 2 aromatic rings. The highest BCUT2D eigenvalue weighted by atomic mass is 16.6. The minimum atomic E-state index is -0.542. The van der Waals surface area contributed by atoms with Crippen molar-refractivity contribution in [1.29, 1.82) is 0 Å². The molecule has 0 bridgehead atoms. The zero-order chi connectivity index (χ0) is 22.2. The van der Waals surface area contributed by atoms with Crippen LogP contribution in [0.5, 0.6) is 0 Å². The highest BCUT2D eigenvalue weighted by Crippen LogP contribution is 2.37. The molecule has 1 saturated heterocycles. The lowest BCUT2D eigenvalue weighted by Crippen LogP contribution is -2.58. The van der Waals surface area contributed by atoms with Crippen molar-refractivity contribution in [3.63, 3.8) is 0 Å². The number of piperazine rings is 1. The second-order valence-corrected chi connectivity index (χ2v) is 9.04. The number of carbonyl (C=O) groups excluding carboxylic acids is 2. The van der Waals surface area contributed by atoms with E-state index in [1.54, 1.807) is 9.80 Å². The van der Waals surface area contributed by atoms with Crippen LogP contribution in [-0.4, -0.2) is 53.2 Å². The Kier molecular flexibility index (Phi) is 5.48. The average Bonchev–Trinajstić information content (AvgIpc) is 2.89. The van der Waals surface area contributed by atoms with Crippen LogP contribution >= 0.6 is 0 Å². The minimum Gasteiger partial charge on any atom is -0.444 e. The summed E-state index contributed by atoms with van der Waals surface area (Å²) in [5, 5.41) is 0. The normalized spacial score (nSPS) is 18.2. The van der Waals surface area contributed by atoms with Gasteiger partial charge in [0.25, 0.3) is 0 Å². The van der Waals surface area contributed by atoms with Crippen LogP contribution in [0.1, 0.15) is 38.8 Å². The second-order valence-electron chi connectivity index (χ2n) is 9.04. The van der Waals surface area contributed by atoms with Gasteiger partial charge in [-0.3, -0.25) is 4.90 Å². The van der Waals surface area contributed by atoms with Gasteiger partial charge in [-0.2, -0.15) is 0 Å². The third-order valence-corrected chi connectivity index (χ3v) is 5.51. The van der Waals surface area contributed by atoms with Crippen LogP contribution in [0.15, 0.2) is 48.5 Å². The largest absolute Gasteiger partial charge is 0.444 e. The molecule has 2 heterocycles. The molecule has 0 aliphatic carbocycles. The number of hydrogen-bond donors (Lipinski definition) is 0. The molecule has 31 heavy (non-hydrogen) atoms. The summed E-state index contributed by atoms with van der Waals surface area (Å²) in [6.45, 7) is 8.88. The van der Waals surface area contributed by atoms with Gasteiger partial charge in [0.2, 0.25) is 0 Å². The van der Waals surface area contributed by atoms with Gasteiger partial charge in [-0.15, -0.1) is 0 Å². The summed E-state index contributed by atoms with van der Waals surface area (Å²) in [5.74, 6) is 0. The summed E-state index contributed by atoms with van der Waals surface area (Å²) >= 11 is 0. The van der Waals surface area contributed by atoms with Crippen LogP contribution in [0, 0.1) is 0 Å². The molecule has 2 aliphatic rings. The fraction of sp³-hybridized carbons (Fsp3) is 0.360. The van der Waals surface area contributed by atoms with Crippen LogP contribution < -0.4 is 4.90 Å². The van der Waals surface area contributed by atoms with Gasteiger partial charge < -0.3 is 14.5 Å². The van der Waals surface area contributed by atoms with E-state index in [0.29, 0.717) is 19.6 Å². The van der Waals surface area contributed by atoms with Crippen molar-refractivity contribution < 1.29 is 14.3 Å². The van der Waals surface area contributed by atoms with Crippen molar-refractivity contribution in [2.45, 2.75) is 39.3 Å². The summed E-state index contributed by atoms with van der Waals surface area (Å²) in [4.78, 5) is 31.7. The molecule has 3 amide bonds. The summed E-state index contributed by atoms with van der Waals surface area (Å²) in [6.07, 6.45) is 3.76. The monoisotopic (exact) mass is 419 g/mol. The Bertz CT molecular complexity index is 975. The molecule has 0 radical (unpaired) electrons. The predicted octanol–water partition coefficient (Wildman–Crippen LogP) is 5.37. The maximum absolute atomic E-state index is 13.8. The molecule has 2 aromatic carbocycles. The van der Waals surface area contributed by atoms with Gasteiger partial charge in [-0.1, -0.05) is 48.6 Å². The molecular formula is C25H29N3O3. The van der Waals surface area contributed by atoms with E-state index < -0.39 is 5.60 Å². The molecule has 0 unspecified atom stereocenters. The molecular weight excluding hydrogens is 390 g/mol. The maximum Gasteiger partial charge on any atom is 0.410 e. The van der Waals surface area contributed by atoms with E-state index in [1.165, 1.54) is 0 Å². The van der Waals surface area contributed by atoms with E-state index in [4.69, 9.17) is 4.74 Å². The number of ether oxygens (including phenoxy) is 1. The van der Waals surface area contributed by atoms with E-state index >= 15 is 0 Å². The maximum atomic E-state index is 13.8. The van der Waals surface area contributed by atoms with Crippen molar-refractivity contribution in [2.24, 2.45) is 0 Å². The summed E-state index contributed by atoms with van der Waals surface area (Å²) in [6, 6.07) is 15.6. The van der Waals surface area contributed by atoms with Gasteiger partial charge in [0.15, 0.2) is 0 Å². The Morgan fingerprint density at radius 2 is 1.45 bits per heavy atom. The van der Waals surface area contributed by atoms with Gasteiger partial charge >= 0.3 is 12.1 Å². The number of urea groups is 1. The van der Waals surface area contributed by atoms with Crippen molar-refractivity contribution in [1.82, 2.24) is 9.80 Å². The van der Waals surface area contributed by atoms with E-state index in [-0.39, 0.29) is 18.2 Å². The summed E-state index contributed by atoms with van der Waals surface area (Å²) in [5.41, 5.74) is 3.16. The molecule has 1 atom stereocenters. The fourth-order valence-corrected chi connectivity index (χ4v) is 4.04. The number of carbonyl (C=O) groups is 2. The highest BCUT2D eigenvalue weighted by Gasteiger charge is 2.36. The van der Waals surface area contributed by atoms with E-state index in [0.717, 1.165) is 22.5 Å². The SMILES string of the molecule is C[C@@H]1CN(C(=O)OC(C)(C)C)CCN1C(=O)N1c2ccccc2C=Cc2ccccc21. The first-order chi connectivity index (χ1) is 14.7. The van der Waals surface area contributed by atoms with Crippen molar-refractivity contribution in [3.8, 4) is 0 Å². The third kappa shape index (κ3) is 4.29. The number of fused-ring (bicyclic) bond motifs is 2. The molecule has 6 heteroatoms. The van der Waals surface area contributed by atoms with E-state index in [2.05, 4.69) is 0 Å². The van der Waals surface area contributed by atoms with Crippen LogP contribution in [0.3, 0.4) is 0 Å². The lowest BCUT2D eigenvalue weighted by molar-refractivity contribution is 0.0110. The first-order valence-electron chi connectivity index (χ1n) is 10.7. The van der Waals surface area contributed by atoms with E-state index in [1.807, 2.05) is 93.3 Å². The Morgan fingerprint density at radius 1 is 0.903 bits per heavy atom. The smallest absolute Gasteiger partial charge is 0.410 e. The Hall–Kier alpha value is -3.28. The summed E-state index contributed by atoms with van der Waals surface area (Å²) in [7, 11) is 0. The molecule has 0 saturated carbocycles. The van der Waals surface area contributed by atoms with Gasteiger partial charge in [0.1, 0.15) is 5.60 Å². The molecule has 6 nitrogen and oxygen atoms in total. The molecule has 0 N–H and O–H groups in total. The Labute approximate surface area is 183 Å². The first kappa shape index (κ1) is 21.0. The molecule has 1 fully saturated rings. The molecule has 0 spiro atoms. The Morgan fingerprint density at radius 3 is 1.97 bits per heavy atom. The van der Waals surface area contributed by atoms with Crippen molar-refractivity contribution in [2.75, 3.05) is 24.5 Å². The standard InChI is InChI=1S/C25H29N3O3/c1-18-17-26(24(30)31-25(2,3)4)15-16-27(18)23(29)28-21-11-7-5-9-19(21)13-14-20-10-6-8-12-22(20)28/h5-14,18H,15-17H2,1-4H3/t18-/m1/s1. The van der Waals surface area contributed by atoms with E-state index in [9.17, 15) is 9.59 Å². The molecule has 4 rings (SSSR count). The van der Waals surface area contributed by atoms with Gasteiger partial charge in [0.05, 0.1) is 11.4 Å². The minimum absolute atomic E-state index is 0.0834. The van der Waals surface area contributed by atoms with Crippen LogP contribution in [0.25, 0.3) is 12.2 Å². The lowest BCUT2D eigenvalue weighted by atomic mass is 10.1. The van der Waals surface area contributed by atoms with Gasteiger partial charge in [0, 0.05) is 25.7 Å². The van der Waals surface area contributed by atoms with Crippen LogP contribution in [-0.2, 0) is 4.74 Å². The number of rotatable bonds is 0. The third-order valence-electron chi connectivity index (χ3n) is 5.51. The number of anilines is 2. The number of para-hydroxylation sites is 2. The van der Waals surface area contributed by atoms with Crippen LogP contribution in [0.2, 0.25) is 0 Å². The van der Waals surface area contributed by atoms with Crippen molar-refractivity contribution in [3.05, 3.63) is 59.7 Å². The molecule has 2 aliphatic heterocycles. The first-order valence-corrected chi connectivity index (χ1v) is 10.7. The second kappa shape index (κ2) is 8.10. The number of amides is 3. The number of nitrogens with zero attached hydrogens (tertiary/aromatic N) is 3. The zero-order valence-electron chi connectivity index (χ0n) is 18.5. The molecule has 0 aromatic heterocycles. The van der Waals surface area contributed by atoms with Crippen molar-refractivity contribution >= 4 is 35.7 Å². The number of hydrogen-bond acceptors (Lipinski definition) is 3. The lowest BCUT2D eigenvalue weighted by Gasteiger charge is -2.42. The van der Waals surface area contributed by atoms with Gasteiger partial charge in [-0.05, 0) is 51.0 Å². The molecule has 162 valence electrons. The Balaban J connectivity index is 1.60. The zero-order valence-corrected chi connectivity index (χ0v) is 18.5. The topological polar surface area (TPSA) is 53.1 Å². The number of benzene rings is 2. The highest BCUT2D eigenvalue weighted by molar-refractivity contribution is 6.05. The fourth-order valence-electron chi connectivity index (χ4n) is 4.04. The quantitative estimate of drug-likeness (QED) is 0.577. The van der Waals surface area contributed by atoms with Crippen LogP contribution in [0.4, 0.5) is 21.0 Å².